The number of nitrogens with two attached hydrogens (primary N) is 1. The summed E-state index contributed by atoms with van der Waals surface area (Å²) in [5, 5.41) is 11.0. The van der Waals surface area contributed by atoms with Gasteiger partial charge in [-0.05, 0) is 23.8 Å². The van der Waals surface area contributed by atoms with Crippen molar-refractivity contribution in [3.8, 4) is 0 Å². The Morgan fingerprint density at radius 2 is 2.11 bits per heavy atom. The van der Waals surface area contributed by atoms with Crippen LogP contribution in [0.15, 0.2) is 41.2 Å². The lowest BCUT2D eigenvalue weighted by Crippen LogP contribution is -2.21. The van der Waals surface area contributed by atoms with Crippen molar-refractivity contribution in [2.75, 3.05) is 10.6 Å². The van der Waals surface area contributed by atoms with Gasteiger partial charge in [0.05, 0.1) is 0 Å². The van der Waals surface area contributed by atoms with Crippen LogP contribution in [0, 0.1) is 0 Å². The smallest absolute Gasteiger partial charge is 0.324 e. The van der Waals surface area contributed by atoms with E-state index in [1.165, 1.54) is 12.1 Å². The Morgan fingerprint density at radius 1 is 1.26 bits per heavy atom. The van der Waals surface area contributed by atoms with Crippen LogP contribution in [-0.2, 0) is 6.54 Å². The van der Waals surface area contributed by atoms with Crippen LogP contribution in [0.2, 0.25) is 0 Å². The molecule has 0 spiro atoms. The normalized spacial score (nSPS) is 9.95. The molecule has 2 aromatic rings. The molecule has 0 aliphatic heterocycles. The molecule has 0 aliphatic carbocycles. The summed E-state index contributed by atoms with van der Waals surface area (Å²) in [6.07, 6.45) is 0. The summed E-state index contributed by atoms with van der Waals surface area (Å²) < 4.78 is 0. The SMILES string of the molecule is NCc1cccc(NC(=O)Nc2ccc(=O)[nH]n2)c1. The maximum atomic E-state index is 11.7. The molecular formula is C12H13N5O2. The van der Waals surface area contributed by atoms with Gasteiger partial charge in [-0.1, -0.05) is 12.1 Å². The number of aromatic amines is 1. The molecule has 0 saturated heterocycles. The summed E-state index contributed by atoms with van der Waals surface area (Å²) in [5.74, 6) is 0.257. The molecule has 0 fully saturated rings. The molecule has 7 heteroatoms. The molecule has 0 atom stereocenters. The molecule has 0 aliphatic rings. The zero-order chi connectivity index (χ0) is 13.7. The van der Waals surface area contributed by atoms with Gasteiger partial charge in [0.2, 0.25) is 0 Å². The molecule has 1 aromatic heterocycles. The monoisotopic (exact) mass is 259 g/mol. The Balaban J connectivity index is 2.00. The van der Waals surface area contributed by atoms with Crippen molar-refractivity contribution in [3.63, 3.8) is 0 Å². The molecule has 1 heterocycles. The van der Waals surface area contributed by atoms with Crippen LogP contribution in [0.25, 0.3) is 0 Å². The number of nitrogens with zero attached hydrogens (tertiary/aromatic N) is 1. The molecule has 0 saturated carbocycles. The topological polar surface area (TPSA) is 113 Å². The van der Waals surface area contributed by atoms with Gasteiger partial charge >= 0.3 is 6.03 Å². The van der Waals surface area contributed by atoms with Gasteiger partial charge in [0.25, 0.3) is 5.56 Å². The minimum atomic E-state index is -0.450. The molecule has 0 radical (unpaired) electrons. The third kappa shape index (κ3) is 3.65. The van der Waals surface area contributed by atoms with Crippen molar-refractivity contribution in [2.24, 2.45) is 5.73 Å². The van der Waals surface area contributed by atoms with Gasteiger partial charge < -0.3 is 11.1 Å². The highest BCUT2D eigenvalue weighted by Gasteiger charge is 2.03. The number of hydrogen-bond acceptors (Lipinski definition) is 4. The van der Waals surface area contributed by atoms with E-state index in [1.807, 2.05) is 6.07 Å². The van der Waals surface area contributed by atoms with Crippen molar-refractivity contribution in [1.82, 2.24) is 10.2 Å². The molecule has 7 nitrogen and oxygen atoms in total. The number of H-pyrrole nitrogens is 1. The van der Waals surface area contributed by atoms with Gasteiger partial charge in [0.15, 0.2) is 5.82 Å². The van der Waals surface area contributed by atoms with E-state index in [2.05, 4.69) is 20.8 Å². The standard InChI is InChI=1S/C12H13N5O2/c13-7-8-2-1-3-9(6-8)14-12(19)15-10-4-5-11(18)17-16-10/h1-6H,7,13H2,(H,17,18)(H2,14,15,16,19). The number of anilines is 2. The first-order chi connectivity index (χ1) is 9.17. The fourth-order valence-electron chi connectivity index (χ4n) is 1.47. The summed E-state index contributed by atoms with van der Waals surface area (Å²) in [6.45, 7) is 0.401. The van der Waals surface area contributed by atoms with E-state index >= 15 is 0 Å². The lowest BCUT2D eigenvalue weighted by Gasteiger charge is -2.07. The molecule has 2 rings (SSSR count). The van der Waals surface area contributed by atoms with Crippen molar-refractivity contribution >= 4 is 17.5 Å². The maximum absolute atomic E-state index is 11.7. The lowest BCUT2D eigenvalue weighted by molar-refractivity contribution is 0.262. The number of rotatable bonds is 3. The van der Waals surface area contributed by atoms with Crippen molar-refractivity contribution in [1.29, 1.82) is 0 Å². The van der Waals surface area contributed by atoms with E-state index in [0.717, 1.165) is 5.56 Å². The Labute approximate surface area is 108 Å². The van der Waals surface area contributed by atoms with Gasteiger partial charge in [-0.2, -0.15) is 5.10 Å². The molecule has 0 bridgehead atoms. The lowest BCUT2D eigenvalue weighted by atomic mass is 10.2. The van der Waals surface area contributed by atoms with Crippen molar-refractivity contribution in [2.45, 2.75) is 6.54 Å². The maximum Gasteiger partial charge on any atom is 0.324 e. The van der Waals surface area contributed by atoms with Gasteiger partial charge in [0.1, 0.15) is 0 Å². The zero-order valence-corrected chi connectivity index (χ0v) is 10.0. The van der Waals surface area contributed by atoms with Gasteiger partial charge in [-0.15, -0.1) is 0 Å². The molecule has 0 unspecified atom stereocenters. The van der Waals surface area contributed by atoms with Crippen LogP contribution in [0.5, 0.6) is 0 Å². The summed E-state index contributed by atoms with van der Waals surface area (Å²) in [6, 6.07) is 9.43. The fraction of sp³-hybridized carbons (Fsp3) is 0.0833. The first-order valence-corrected chi connectivity index (χ1v) is 5.60. The average molecular weight is 259 g/mol. The second-order valence-corrected chi connectivity index (χ2v) is 3.79. The average Bonchev–Trinajstić information content (AvgIpc) is 2.41. The van der Waals surface area contributed by atoms with Crippen LogP contribution in [0.4, 0.5) is 16.3 Å². The molecular weight excluding hydrogens is 246 g/mol. The number of aromatic nitrogens is 2. The van der Waals surface area contributed by atoms with Crippen molar-refractivity contribution < 1.29 is 4.79 Å². The zero-order valence-electron chi connectivity index (χ0n) is 10.0. The first-order valence-electron chi connectivity index (χ1n) is 5.60. The molecule has 5 N–H and O–H groups in total. The van der Waals surface area contributed by atoms with Crippen LogP contribution in [0.3, 0.4) is 0 Å². The Kier molecular flexibility index (Phi) is 3.89. The summed E-state index contributed by atoms with van der Waals surface area (Å²) in [5.41, 5.74) is 6.73. The number of carbonyl (C=O) groups is 1. The van der Waals surface area contributed by atoms with Crippen molar-refractivity contribution in [3.05, 3.63) is 52.3 Å². The van der Waals surface area contributed by atoms with E-state index in [0.29, 0.717) is 12.2 Å². The van der Waals surface area contributed by atoms with Crippen LogP contribution in [0.1, 0.15) is 5.56 Å². The molecule has 98 valence electrons. The number of carbonyl (C=O) groups excluding carboxylic acids is 1. The van der Waals surface area contributed by atoms with E-state index < -0.39 is 6.03 Å². The third-order valence-corrected chi connectivity index (χ3v) is 2.34. The summed E-state index contributed by atoms with van der Waals surface area (Å²) in [4.78, 5) is 22.5. The highest BCUT2D eigenvalue weighted by Crippen LogP contribution is 2.10. The Morgan fingerprint density at radius 3 is 2.79 bits per heavy atom. The molecule has 19 heavy (non-hydrogen) atoms. The van der Waals surface area contributed by atoms with Crippen LogP contribution in [-0.4, -0.2) is 16.2 Å². The highest BCUT2D eigenvalue weighted by molar-refractivity contribution is 5.99. The second kappa shape index (κ2) is 5.78. The number of hydrogen-bond donors (Lipinski definition) is 4. The van der Waals surface area contributed by atoms with E-state index in [1.54, 1.807) is 18.2 Å². The quantitative estimate of drug-likeness (QED) is 0.655. The predicted molar refractivity (Wildman–Crippen MR) is 71.8 cm³/mol. The largest absolute Gasteiger partial charge is 0.326 e. The number of urea groups is 1. The number of nitrogens with one attached hydrogen (secondary N) is 3. The Bertz CT molecular complexity index is 618. The third-order valence-electron chi connectivity index (χ3n) is 2.34. The van der Waals surface area contributed by atoms with E-state index in [-0.39, 0.29) is 11.4 Å². The molecule has 2 amide bonds. The summed E-state index contributed by atoms with van der Waals surface area (Å²) >= 11 is 0. The summed E-state index contributed by atoms with van der Waals surface area (Å²) in [7, 11) is 0. The number of benzene rings is 1. The van der Waals surface area contributed by atoms with Gasteiger partial charge in [0, 0.05) is 18.3 Å². The fourth-order valence-corrected chi connectivity index (χ4v) is 1.47. The minimum absolute atomic E-state index is 0.257. The first kappa shape index (κ1) is 12.8. The van der Waals surface area contributed by atoms with E-state index in [9.17, 15) is 9.59 Å². The van der Waals surface area contributed by atoms with Crippen LogP contribution >= 0.6 is 0 Å². The predicted octanol–water partition coefficient (Wildman–Crippen LogP) is 0.873. The Hall–Kier alpha value is -2.67. The van der Waals surface area contributed by atoms with Crippen LogP contribution < -0.4 is 21.9 Å². The van der Waals surface area contributed by atoms with E-state index in [4.69, 9.17) is 5.73 Å². The second-order valence-electron chi connectivity index (χ2n) is 3.79. The van der Waals surface area contributed by atoms with Gasteiger partial charge in [-0.25, -0.2) is 9.89 Å². The van der Waals surface area contributed by atoms with Gasteiger partial charge in [-0.3, -0.25) is 10.1 Å². The minimum Gasteiger partial charge on any atom is -0.326 e. The molecule has 1 aromatic carbocycles. The highest BCUT2D eigenvalue weighted by atomic mass is 16.2. The number of amides is 2.